The summed E-state index contributed by atoms with van der Waals surface area (Å²) >= 11 is 0. The van der Waals surface area contributed by atoms with Crippen molar-refractivity contribution in [1.29, 1.82) is 0 Å². The Hall–Kier alpha value is -0.320. The second kappa shape index (κ2) is 8.20. The van der Waals surface area contributed by atoms with E-state index in [2.05, 4.69) is 31.2 Å². The molecule has 1 saturated carbocycles. The third-order valence-corrected chi connectivity index (χ3v) is 4.60. The summed E-state index contributed by atoms with van der Waals surface area (Å²) in [6.07, 6.45) is 7.80. The van der Waals surface area contributed by atoms with Crippen molar-refractivity contribution in [3.05, 3.63) is 0 Å². The lowest BCUT2D eigenvalue weighted by Crippen LogP contribution is -2.58. The molecule has 5 heteroatoms. The number of likely N-dealkylation sites (N-methyl/N-ethyl adjacent to an activating group) is 1. The van der Waals surface area contributed by atoms with E-state index in [0.29, 0.717) is 0 Å². The van der Waals surface area contributed by atoms with Crippen molar-refractivity contribution in [2.75, 3.05) is 20.6 Å². The summed E-state index contributed by atoms with van der Waals surface area (Å²) in [6, 6.07) is 0. The molecule has 120 valence electrons. The third-order valence-electron chi connectivity index (χ3n) is 4.60. The molecule has 1 aliphatic rings. The smallest absolute Gasteiger partial charge is 0.239 e. The number of hydrogen-bond donors (Lipinski definition) is 2. The fourth-order valence-electron chi connectivity index (χ4n) is 3.07. The van der Waals surface area contributed by atoms with E-state index in [0.717, 1.165) is 32.2 Å². The van der Waals surface area contributed by atoms with Crippen LogP contribution in [-0.2, 0) is 4.79 Å². The van der Waals surface area contributed by atoms with Crippen LogP contribution in [0.25, 0.3) is 0 Å². The normalized spacial score (nSPS) is 20.9. The summed E-state index contributed by atoms with van der Waals surface area (Å²) in [5.74, 6) is -0.0128. The molecule has 0 bridgehead atoms. The van der Waals surface area contributed by atoms with Gasteiger partial charge in [0.15, 0.2) is 0 Å². The monoisotopic (exact) mass is 305 g/mol. The number of amides is 1. The molecule has 3 N–H and O–H groups in total. The van der Waals surface area contributed by atoms with E-state index in [1.165, 1.54) is 19.3 Å². The Balaban J connectivity index is 0.00000361. The van der Waals surface area contributed by atoms with Crippen molar-refractivity contribution in [3.63, 3.8) is 0 Å². The molecule has 0 radical (unpaired) electrons. The van der Waals surface area contributed by atoms with E-state index >= 15 is 0 Å². The first-order valence-electron chi connectivity index (χ1n) is 7.59. The number of nitrogens with one attached hydrogen (secondary N) is 1. The maximum absolute atomic E-state index is 12.2. The van der Waals surface area contributed by atoms with Crippen molar-refractivity contribution in [2.24, 2.45) is 5.73 Å². The Morgan fingerprint density at radius 3 is 2.30 bits per heavy atom. The first kappa shape index (κ1) is 19.7. The highest BCUT2D eigenvalue weighted by molar-refractivity contribution is 5.85. The molecule has 0 aromatic carbocycles. The summed E-state index contributed by atoms with van der Waals surface area (Å²) in [5.41, 5.74) is 5.46. The van der Waals surface area contributed by atoms with Gasteiger partial charge < -0.3 is 16.0 Å². The number of halogens is 1. The zero-order valence-corrected chi connectivity index (χ0v) is 14.3. The van der Waals surface area contributed by atoms with Gasteiger partial charge in [-0.2, -0.15) is 0 Å². The van der Waals surface area contributed by atoms with E-state index in [4.69, 9.17) is 5.73 Å². The van der Waals surface area contributed by atoms with Gasteiger partial charge in [0.1, 0.15) is 0 Å². The first-order chi connectivity index (χ1) is 8.84. The third kappa shape index (κ3) is 4.90. The SMILES string of the molecule is CCCC(C)(N)C(=O)NCC1(N(C)C)CCCCC1.Cl. The van der Waals surface area contributed by atoms with E-state index in [-0.39, 0.29) is 23.9 Å². The maximum atomic E-state index is 12.2. The van der Waals surface area contributed by atoms with Crippen LogP contribution >= 0.6 is 12.4 Å². The standard InChI is InChI=1S/C15H31N3O.ClH/c1-5-9-14(2,16)13(19)17-12-15(18(3)4)10-7-6-8-11-15;/h5-12,16H2,1-4H3,(H,17,19);1H. The lowest BCUT2D eigenvalue weighted by atomic mass is 9.80. The van der Waals surface area contributed by atoms with Gasteiger partial charge in [-0.15, -0.1) is 12.4 Å². The Kier molecular flexibility index (Phi) is 8.07. The number of nitrogens with zero attached hydrogens (tertiary/aromatic N) is 1. The molecule has 0 spiro atoms. The number of hydrogen-bond acceptors (Lipinski definition) is 3. The predicted octanol–water partition coefficient (Wildman–Crippen LogP) is 2.31. The van der Waals surface area contributed by atoms with Crippen LogP contribution in [0.5, 0.6) is 0 Å². The van der Waals surface area contributed by atoms with Crippen LogP contribution in [0.1, 0.15) is 58.8 Å². The van der Waals surface area contributed by atoms with Gasteiger partial charge >= 0.3 is 0 Å². The molecule has 1 rings (SSSR count). The van der Waals surface area contributed by atoms with Gasteiger partial charge in [-0.05, 0) is 40.3 Å². The van der Waals surface area contributed by atoms with Gasteiger partial charge in [-0.1, -0.05) is 32.6 Å². The number of nitrogens with two attached hydrogens (primary N) is 1. The Morgan fingerprint density at radius 1 is 1.30 bits per heavy atom. The van der Waals surface area contributed by atoms with Gasteiger partial charge in [-0.25, -0.2) is 0 Å². The highest BCUT2D eigenvalue weighted by Crippen LogP contribution is 2.31. The number of carbonyl (C=O) groups excluding carboxylic acids is 1. The molecule has 0 aromatic heterocycles. The minimum Gasteiger partial charge on any atom is -0.353 e. The molecular weight excluding hydrogens is 274 g/mol. The van der Waals surface area contributed by atoms with Crippen LogP contribution in [0.3, 0.4) is 0 Å². The molecule has 1 aliphatic carbocycles. The second-order valence-corrected chi connectivity index (χ2v) is 6.53. The highest BCUT2D eigenvalue weighted by Gasteiger charge is 2.36. The largest absolute Gasteiger partial charge is 0.353 e. The lowest BCUT2D eigenvalue weighted by molar-refractivity contribution is -0.126. The molecule has 4 nitrogen and oxygen atoms in total. The maximum Gasteiger partial charge on any atom is 0.239 e. The van der Waals surface area contributed by atoms with Crippen molar-refractivity contribution in [2.45, 2.75) is 69.9 Å². The van der Waals surface area contributed by atoms with Crippen LogP contribution in [0.2, 0.25) is 0 Å². The zero-order chi connectivity index (χ0) is 14.5. The molecule has 0 aliphatic heterocycles. The van der Waals surface area contributed by atoms with E-state index in [9.17, 15) is 4.79 Å². The van der Waals surface area contributed by atoms with Crippen molar-refractivity contribution >= 4 is 18.3 Å². The predicted molar refractivity (Wildman–Crippen MR) is 87.3 cm³/mol. The molecule has 1 unspecified atom stereocenters. The second-order valence-electron chi connectivity index (χ2n) is 6.53. The lowest BCUT2D eigenvalue weighted by Gasteiger charge is -2.43. The molecule has 0 saturated heterocycles. The van der Waals surface area contributed by atoms with Gasteiger partial charge in [0.25, 0.3) is 0 Å². The van der Waals surface area contributed by atoms with E-state index in [1.54, 1.807) is 0 Å². The average Bonchev–Trinajstić information content (AvgIpc) is 2.36. The molecule has 0 heterocycles. The topological polar surface area (TPSA) is 58.4 Å². The van der Waals surface area contributed by atoms with Crippen LogP contribution < -0.4 is 11.1 Å². The number of carbonyl (C=O) groups is 1. The van der Waals surface area contributed by atoms with Crippen molar-refractivity contribution in [1.82, 2.24) is 10.2 Å². The molecule has 20 heavy (non-hydrogen) atoms. The van der Waals surface area contributed by atoms with Gasteiger partial charge in [-0.3, -0.25) is 4.79 Å². The summed E-state index contributed by atoms with van der Waals surface area (Å²) in [4.78, 5) is 14.5. The van der Waals surface area contributed by atoms with Gasteiger partial charge in [0.05, 0.1) is 5.54 Å². The van der Waals surface area contributed by atoms with Crippen LogP contribution in [-0.4, -0.2) is 42.5 Å². The van der Waals surface area contributed by atoms with Crippen molar-refractivity contribution in [3.8, 4) is 0 Å². The Bertz CT molecular complexity index is 299. The van der Waals surface area contributed by atoms with E-state index in [1.807, 2.05) is 6.92 Å². The van der Waals surface area contributed by atoms with Crippen LogP contribution in [0.15, 0.2) is 0 Å². The molecular formula is C15H32ClN3O. The molecule has 0 aromatic rings. The zero-order valence-electron chi connectivity index (χ0n) is 13.5. The average molecular weight is 306 g/mol. The Labute approximate surface area is 130 Å². The highest BCUT2D eigenvalue weighted by atomic mass is 35.5. The minimum absolute atomic E-state index is 0. The van der Waals surface area contributed by atoms with Crippen LogP contribution in [0.4, 0.5) is 0 Å². The summed E-state index contributed by atoms with van der Waals surface area (Å²) in [6.45, 7) is 4.60. The first-order valence-corrected chi connectivity index (χ1v) is 7.59. The summed E-state index contributed by atoms with van der Waals surface area (Å²) in [7, 11) is 4.23. The summed E-state index contributed by atoms with van der Waals surface area (Å²) < 4.78 is 0. The van der Waals surface area contributed by atoms with Gasteiger partial charge in [0, 0.05) is 12.1 Å². The fraction of sp³-hybridized carbons (Fsp3) is 0.933. The number of rotatable bonds is 6. The fourth-order valence-corrected chi connectivity index (χ4v) is 3.07. The molecule has 1 amide bonds. The quantitative estimate of drug-likeness (QED) is 0.791. The van der Waals surface area contributed by atoms with Crippen molar-refractivity contribution < 1.29 is 4.79 Å². The van der Waals surface area contributed by atoms with Crippen LogP contribution in [0, 0.1) is 0 Å². The Morgan fingerprint density at radius 2 is 1.85 bits per heavy atom. The van der Waals surface area contributed by atoms with Gasteiger partial charge in [0.2, 0.25) is 5.91 Å². The minimum atomic E-state index is -0.739. The van der Waals surface area contributed by atoms with E-state index < -0.39 is 5.54 Å². The molecule has 1 atom stereocenters. The summed E-state index contributed by atoms with van der Waals surface area (Å²) in [5, 5.41) is 3.09. The molecule has 1 fully saturated rings.